The van der Waals surface area contributed by atoms with E-state index >= 15 is 0 Å². The van der Waals surface area contributed by atoms with Gasteiger partial charge in [0, 0.05) is 5.39 Å². The number of rotatable bonds is 4. The molecule has 1 saturated carbocycles. The van der Waals surface area contributed by atoms with Crippen molar-refractivity contribution in [2.45, 2.75) is 36.8 Å². The highest BCUT2D eigenvalue weighted by molar-refractivity contribution is 6.05. The van der Waals surface area contributed by atoms with Crippen molar-refractivity contribution in [3.05, 3.63) is 72.4 Å². The summed E-state index contributed by atoms with van der Waals surface area (Å²) in [4.78, 5) is 16.2. The van der Waals surface area contributed by atoms with E-state index in [2.05, 4.69) is 74.1 Å². The lowest BCUT2D eigenvalue weighted by Gasteiger charge is -2.09. The molecule has 2 saturated heterocycles. The van der Waals surface area contributed by atoms with Gasteiger partial charge in [-0.15, -0.1) is 0 Å². The molecule has 8 heteroatoms. The van der Waals surface area contributed by atoms with Gasteiger partial charge in [-0.25, -0.2) is 18.7 Å². The maximum Gasteiger partial charge on any atom is 0.265 e. The van der Waals surface area contributed by atoms with Gasteiger partial charge in [-0.2, -0.15) is 0 Å². The zero-order valence-electron chi connectivity index (χ0n) is 20.1. The first-order chi connectivity index (χ1) is 18.0. The number of nitrogens with one attached hydrogen (secondary N) is 4. The fourth-order valence-corrected chi connectivity index (χ4v) is 6.33. The number of alkyl halides is 2. The van der Waals surface area contributed by atoms with E-state index in [0.717, 1.165) is 63.0 Å². The molecule has 0 amide bonds. The Kier molecular flexibility index (Phi) is 4.33. The molecule has 3 aromatic carbocycles. The van der Waals surface area contributed by atoms with E-state index in [1.165, 1.54) is 6.42 Å². The minimum atomic E-state index is -2.67. The smallest absolute Gasteiger partial charge is 0.265 e. The molecule has 2 aliphatic heterocycles. The number of nitrogens with zero attached hydrogens (tertiary/aromatic N) is 2. The van der Waals surface area contributed by atoms with Crippen molar-refractivity contribution in [2.24, 2.45) is 5.92 Å². The van der Waals surface area contributed by atoms with E-state index < -0.39 is 17.4 Å². The van der Waals surface area contributed by atoms with Crippen LogP contribution in [-0.2, 0) is 5.54 Å². The third-order valence-electron chi connectivity index (χ3n) is 8.52. The van der Waals surface area contributed by atoms with Crippen molar-refractivity contribution in [1.82, 2.24) is 30.6 Å². The van der Waals surface area contributed by atoms with Gasteiger partial charge >= 0.3 is 0 Å². The molecule has 3 fully saturated rings. The summed E-state index contributed by atoms with van der Waals surface area (Å²) in [7, 11) is 0. The minimum absolute atomic E-state index is 0.281. The van der Waals surface area contributed by atoms with Crippen molar-refractivity contribution in [2.75, 3.05) is 13.1 Å². The number of piperidine rings is 1. The first-order valence-electron chi connectivity index (χ1n) is 13.0. The van der Waals surface area contributed by atoms with Crippen molar-refractivity contribution in [1.29, 1.82) is 0 Å². The molecular formula is C29H26F2N6. The van der Waals surface area contributed by atoms with Gasteiger partial charge in [0.25, 0.3) is 5.92 Å². The number of hydrogen-bond donors (Lipinski definition) is 4. The highest BCUT2D eigenvalue weighted by atomic mass is 19.3. The molecule has 4 N–H and O–H groups in total. The number of imidazole rings is 2. The molecule has 3 aliphatic rings. The number of hydrogen-bond acceptors (Lipinski definition) is 4. The molecule has 0 bridgehead atoms. The van der Waals surface area contributed by atoms with Gasteiger partial charge in [0.2, 0.25) is 0 Å². The average molecular weight is 497 g/mol. The number of H-pyrrole nitrogens is 2. The van der Waals surface area contributed by atoms with Crippen LogP contribution in [0.5, 0.6) is 0 Å². The molecule has 2 aromatic heterocycles. The summed E-state index contributed by atoms with van der Waals surface area (Å²) in [5.74, 6) is -1.71. The normalized spacial score (nSPS) is 26.2. The van der Waals surface area contributed by atoms with Crippen molar-refractivity contribution in [3.63, 3.8) is 0 Å². The molecule has 1 aliphatic carbocycles. The summed E-state index contributed by atoms with van der Waals surface area (Å²) in [5.41, 5.74) is 5.38. The Balaban J connectivity index is 1.09. The molecule has 3 atom stereocenters. The quantitative estimate of drug-likeness (QED) is 0.259. The summed E-state index contributed by atoms with van der Waals surface area (Å²) >= 11 is 0. The number of aromatic nitrogens is 4. The van der Waals surface area contributed by atoms with Crippen LogP contribution in [0.4, 0.5) is 8.78 Å². The fourth-order valence-electron chi connectivity index (χ4n) is 6.33. The number of benzene rings is 3. The zero-order chi connectivity index (χ0) is 24.8. The lowest BCUT2D eigenvalue weighted by molar-refractivity contribution is -0.00181. The van der Waals surface area contributed by atoms with Gasteiger partial charge in [0.05, 0.1) is 47.0 Å². The van der Waals surface area contributed by atoms with E-state index in [4.69, 9.17) is 4.98 Å². The fraction of sp³-hybridized carbons (Fsp3) is 0.310. The largest absolute Gasteiger partial charge is 0.341 e. The van der Waals surface area contributed by atoms with E-state index in [-0.39, 0.29) is 6.54 Å². The molecule has 0 spiro atoms. The van der Waals surface area contributed by atoms with Crippen LogP contribution in [0, 0.1) is 5.92 Å². The Morgan fingerprint density at radius 2 is 1.76 bits per heavy atom. The number of fused-ring (bicyclic) bond motifs is 4. The summed E-state index contributed by atoms with van der Waals surface area (Å²) in [6, 6.07) is 19.3. The summed E-state index contributed by atoms with van der Waals surface area (Å²) < 4.78 is 28.2. The molecule has 37 heavy (non-hydrogen) atoms. The lowest BCUT2D eigenvalue weighted by atomic mass is 9.99. The van der Waals surface area contributed by atoms with Crippen molar-refractivity contribution >= 4 is 21.8 Å². The zero-order valence-corrected chi connectivity index (χ0v) is 20.1. The van der Waals surface area contributed by atoms with E-state index in [1.54, 1.807) is 0 Å². The maximum atomic E-state index is 14.1. The minimum Gasteiger partial charge on any atom is -0.341 e. The van der Waals surface area contributed by atoms with Crippen molar-refractivity contribution < 1.29 is 8.78 Å². The van der Waals surface area contributed by atoms with E-state index in [1.807, 2.05) is 12.3 Å². The molecular weight excluding hydrogens is 470 g/mol. The van der Waals surface area contributed by atoms with Gasteiger partial charge in [0.1, 0.15) is 11.6 Å². The third kappa shape index (κ3) is 3.22. The Morgan fingerprint density at radius 3 is 2.51 bits per heavy atom. The van der Waals surface area contributed by atoms with Crippen LogP contribution in [0.2, 0.25) is 0 Å². The Bertz CT molecular complexity index is 1660. The number of aromatic amines is 2. The van der Waals surface area contributed by atoms with Crippen LogP contribution in [-0.4, -0.2) is 38.9 Å². The predicted molar refractivity (Wildman–Crippen MR) is 139 cm³/mol. The molecule has 4 heterocycles. The lowest BCUT2D eigenvalue weighted by Crippen LogP contribution is -2.29. The third-order valence-corrected chi connectivity index (χ3v) is 8.52. The summed E-state index contributed by atoms with van der Waals surface area (Å²) in [6.45, 7) is 0.766. The van der Waals surface area contributed by atoms with Gasteiger partial charge in [0.15, 0.2) is 0 Å². The average Bonchev–Trinajstić information content (AvgIpc) is 3.42. The Morgan fingerprint density at radius 1 is 0.919 bits per heavy atom. The van der Waals surface area contributed by atoms with E-state index in [9.17, 15) is 8.78 Å². The molecule has 0 radical (unpaired) electrons. The van der Waals surface area contributed by atoms with Crippen molar-refractivity contribution in [3.8, 4) is 22.4 Å². The number of halogens is 2. The molecule has 6 nitrogen and oxygen atoms in total. The Labute approximate surface area is 211 Å². The molecule has 8 rings (SSSR count). The highest BCUT2D eigenvalue weighted by Gasteiger charge is 2.73. The van der Waals surface area contributed by atoms with E-state index in [0.29, 0.717) is 18.3 Å². The second-order valence-corrected chi connectivity index (χ2v) is 10.7. The van der Waals surface area contributed by atoms with Crippen LogP contribution in [0.3, 0.4) is 0 Å². The molecule has 186 valence electrons. The van der Waals surface area contributed by atoms with Crippen LogP contribution in [0.25, 0.3) is 44.2 Å². The van der Waals surface area contributed by atoms with Gasteiger partial charge in [-0.05, 0) is 60.0 Å². The predicted octanol–water partition coefficient (Wildman–Crippen LogP) is 5.65. The van der Waals surface area contributed by atoms with Gasteiger partial charge < -0.3 is 15.3 Å². The first kappa shape index (κ1) is 21.5. The van der Waals surface area contributed by atoms with Gasteiger partial charge in [-0.3, -0.25) is 5.32 Å². The monoisotopic (exact) mass is 496 g/mol. The maximum absolute atomic E-state index is 14.1. The van der Waals surface area contributed by atoms with Crippen LogP contribution < -0.4 is 10.6 Å². The standard InChI is InChI=1S/C29H26F2N6/c30-29(31)15-34-28(13-24(28)29)27-36-21-10-8-19-12-18(7-9-20(19)25(21)37-27)16-3-5-17(6-4-16)23-14-33-26(35-23)22-2-1-11-32-22/h3-10,12,14,22,24,32,34H,1-2,11,13,15H2,(H,33,35)(H,36,37). The van der Waals surface area contributed by atoms with Crippen LogP contribution in [0.1, 0.15) is 37.0 Å². The molecule has 5 aromatic rings. The second-order valence-electron chi connectivity index (χ2n) is 10.7. The summed E-state index contributed by atoms with van der Waals surface area (Å²) in [5, 5.41) is 8.61. The second kappa shape index (κ2) is 7.46. The highest BCUT2D eigenvalue weighted by Crippen LogP contribution is 2.62. The van der Waals surface area contributed by atoms with Crippen LogP contribution in [0.15, 0.2) is 60.8 Å². The van der Waals surface area contributed by atoms with Crippen LogP contribution >= 0.6 is 0 Å². The molecule has 3 unspecified atom stereocenters. The summed E-state index contributed by atoms with van der Waals surface area (Å²) in [6.07, 6.45) is 4.64. The van der Waals surface area contributed by atoms with Gasteiger partial charge in [-0.1, -0.05) is 42.5 Å². The first-order valence-corrected chi connectivity index (χ1v) is 13.0. The Hall–Kier alpha value is -3.62. The topological polar surface area (TPSA) is 81.4 Å². The SMILES string of the molecule is FC1(F)CNC2(c3nc4c(ccc5cc(-c6ccc(-c7cnc(C8CCCN8)[nH]7)cc6)ccc54)[nH]3)CC12.